The van der Waals surface area contributed by atoms with Gasteiger partial charge in [-0.1, -0.05) is 0 Å². The first-order valence-corrected chi connectivity index (χ1v) is 13.2. The lowest BCUT2D eigenvalue weighted by Gasteiger charge is -2.23. The molecule has 4 rings (SSSR count). The van der Waals surface area contributed by atoms with Gasteiger partial charge in [0.05, 0.1) is 48.8 Å². The molecule has 3 N–H and O–H groups in total. The van der Waals surface area contributed by atoms with Crippen molar-refractivity contribution in [2.24, 2.45) is 5.92 Å². The van der Waals surface area contributed by atoms with Crippen molar-refractivity contribution >= 4 is 44.6 Å². The fraction of sp³-hybridized carbons (Fsp3) is 0.292. The van der Waals surface area contributed by atoms with E-state index < -0.39 is 21.7 Å². The summed E-state index contributed by atoms with van der Waals surface area (Å²) in [4.78, 5) is 25.6. The summed E-state index contributed by atoms with van der Waals surface area (Å²) in [6.07, 6.45) is 5.70. The van der Waals surface area contributed by atoms with Gasteiger partial charge in [0.1, 0.15) is 23.2 Å². The number of nitrogens with zero attached hydrogens (tertiary/aromatic N) is 3. The van der Waals surface area contributed by atoms with Gasteiger partial charge in [0.25, 0.3) is 5.91 Å². The van der Waals surface area contributed by atoms with Crippen LogP contribution in [0.15, 0.2) is 48.8 Å². The minimum Gasteiger partial charge on any atom is -0.493 e. The van der Waals surface area contributed by atoms with E-state index in [0.29, 0.717) is 47.0 Å². The fourth-order valence-electron chi connectivity index (χ4n) is 3.33. The van der Waals surface area contributed by atoms with Gasteiger partial charge in [-0.2, -0.15) is 0 Å². The zero-order valence-electron chi connectivity index (χ0n) is 20.5. The largest absolute Gasteiger partial charge is 0.493 e. The zero-order chi connectivity index (χ0) is 26.6. The van der Waals surface area contributed by atoms with Crippen molar-refractivity contribution < 1.29 is 27.2 Å². The van der Waals surface area contributed by atoms with Crippen LogP contribution in [0.1, 0.15) is 23.2 Å². The van der Waals surface area contributed by atoms with Gasteiger partial charge in [-0.25, -0.2) is 28.3 Å². The third-order valence-electron chi connectivity index (χ3n) is 5.58. The Labute approximate surface area is 214 Å². The van der Waals surface area contributed by atoms with Crippen molar-refractivity contribution in [3.63, 3.8) is 0 Å². The van der Waals surface area contributed by atoms with Gasteiger partial charge < -0.3 is 15.4 Å². The van der Waals surface area contributed by atoms with E-state index in [1.165, 1.54) is 38.6 Å². The second-order valence-corrected chi connectivity index (χ2v) is 10.5. The molecule has 2 heterocycles. The third kappa shape index (κ3) is 6.83. The molecule has 196 valence electrons. The molecule has 13 heteroatoms. The molecule has 0 saturated heterocycles. The quantitative estimate of drug-likeness (QED) is 0.318. The Hall–Kier alpha value is -3.97. The molecule has 1 aromatic carbocycles. The molecule has 1 amide bonds. The van der Waals surface area contributed by atoms with Crippen molar-refractivity contribution in [1.29, 1.82) is 0 Å². The van der Waals surface area contributed by atoms with E-state index >= 15 is 0 Å². The first kappa shape index (κ1) is 26.1. The second-order valence-electron chi connectivity index (χ2n) is 8.53. The van der Waals surface area contributed by atoms with E-state index in [1.807, 2.05) is 0 Å². The Kier molecular flexibility index (Phi) is 7.74. The van der Waals surface area contributed by atoms with Crippen molar-refractivity contribution in [3.8, 4) is 5.75 Å². The topological polar surface area (TPSA) is 135 Å². The van der Waals surface area contributed by atoms with E-state index in [-0.39, 0.29) is 5.56 Å². The van der Waals surface area contributed by atoms with Crippen LogP contribution in [0.25, 0.3) is 0 Å². The second kappa shape index (κ2) is 11.0. The van der Waals surface area contributed by atoms with Gasteiger partial charge in [-0.3, -0.25) is 13.9 Å². The molecule has 0 unspecified atom stereocenters. The first-order valence-electron chi connectivity index (χ1n) is 11.3. The molecule has 11 nitrogen and oxygen atoms in total. The normalized spacial score (nSPS) is 13.1. The van der Waals surface area contributed by atoms with Crippen LogP contribution in [-0.4, -0.2) is 51.3 Å². The molecule has 0 aliphatic heterocycles. The third-order valence-corrected chi connectivity index (χ3v) is 6.78. The van der Waals surface area contributed by atoms with Crippen LogP contribution in [0.5, 0.6) is 5.75 Å². The zero-order valence-corrected chi connectivity index (χ0v) is 21.3. The van der Waals surface area contributed by atoms with Crippen molar-refractivity contribution in [2.75, 3.05) is 42.0 Å². The number of halogens is 1. The van der Waals surface area contributed by atoms with Crippen LogP contribution in [0.2, 0.25) is 0 Å². The average molecular weight is 531 g/mol. The molecule has 1 aliphatic rings. The fourth-order valence-corrected chi connectivity index (χ4v) is 3.83. The number of sulfonamides is 1. The van der Waals surface area contributed by atoms with Crippen LogP contribution in [0, 0.1) is 11.7 Å². The molecule has 0 radical (unpaired) electrons. The number of hydroxylamine groups is 1. The van der Waals surface area contributed by atoms with E-state index in [2.05, 4.69) is 26.1 Å². The van der Waals surface area contributed by atoms with E-state index in [4.69, 9.17) is 9.57 Å². The number of carbonyl (C=O) groups excluding carboxylic acids is 1. The SMILES string of the molecule is CONC(=O)c1cnc(Nc2ccc(F)cn2)cc1Nc1ccc(OCC2CC2)cc1N(C)S(C)(=O)=O. The summed E-state index contributed by atoms with van der Waals surface area (Å²) in [7, 11) is -0.890. The Morgan fingerprint density at radius 1 is 1.08 bits per heavy atom. The standard InChI is InChI=1S/C24H27FN6O5S/c1-31(37(3,33)34)21-10-17(36-14-15-4-5-15)7-8-19(21)28-20-11-23(27-13-18(20)24(32)30-35-2)29-22-9-6-16(25)12-26-22/h6-13,15H,4-5,14H2,1-3H3,(H,30,32)(H2,26,27,28,29). The molecule has 0 atom stereocenters. The number of benzene rings is 1. The summed E-state index contributed by atoms with van der Waals surface area (Å²) in [5, 5.41) is 6.08. The first-order chi connectivity index (χ1) is 17.6. The minimum atomic E-state index is -3.62. The maximum Gasteiger partial charge on any atom is 0.278 e. The Morgan fingerprint density at radius 2 is 1.84 bits per heavy atom. The van der Waals surface area contributed by atoms with Crippen LogP contribution < -0.4 is 25.2 Å². The number of ether oxygens (including phenoxy) is 1. The number of anilines is 5. The Bertz CT molecular complexity index is 1380. The number of amides is 1. The molecule has 1 aliphatic carbocycles. The summed E-state index contributed by atoms with van der Waals surface area (Å²) in [6.45, 7) is 0.562. The highest BCUT2D eigenvalue weighted by atomic mass is 32.2. The Morgan fingerprint density at radius 3 is 2.49 bits per heavy atom. The highest BCUT2D eigenvalue weighted by Gasteiger charge is 2.23. The summed E-state index contributed by atoms with van der Waals surface area (Å²) < 4.78 is 45.0. The monoisotopic (exact) mass is 530 g/mol. The maximum absolute atomic E-state index is 13.2. The number of rotatable bonds is 11. The van der Waals surface area contributed by atoms with E-state index in [9.17, 15) is 17.6 Å². The lowest BCUT2D eigenvalue weighted by molar-refractivity contribution is 0.0538. The van der Waals surface area contributed by atoms with Crippen LogP contribution in [-0.2, 0) is 14.9 Å². The molecule has 37 heavy (non-hydrogen) atoms. The molecule has 0 spiro atoms. The molecule has 3 aromatic rings. The summed E-state index contributed by atoms with van der Waals surface area (Å²) in [6, 6.07) is 9.25. The highest BCUT2D eigenvalue weighted by molar-refractivity contribution is 7.92. The van der Waals surface area contributed by atoms with Crippen molar-refractivity contribution in [1.82, 2.24) is 15.4 Å². The number of carbonyl (C=O) groups is 1. The highest BCUT2D eigenvalue weighted by Crippen LogP contribution is 2.36. The van der Waals surface area contributed by atoms with Gasteiger partial charge in [0.15, 0.2) is 0 Å². The minimum absolute atomic E-state index is 0.126. The van der Waals surface area contributed by atoms with Crippen LogP contribution in [0.3, 0.4) is 0 Å². The van der Waals surface area contributed by atoms with E-state index in [0.717, 1.165) is 29.6 Å². The summed E-state index contributed by atoms with van der Waals surface area (Å²) in [5.41, 5.74) is 3.39. The van der Waals surface area contributed by atoms with Crippen molar-refractivity contribution in [3.05, 3.63) is 60.2 Å². The van der Waals surface area contributed by atoms with Crippen LogP contribution >= 0.6 is 0 Å². The van der Waals surface area contributed by atoms with Gasteiger partial charge in [0.2, 0.25) is 10.0 Å². The lowest BCUT2D eigenvalue weighted by Crippen LogP contribution is -2.26. The molecule has 1 saturated carbocycles. The lowest BCUT2D eigenvalue weighted by atomic mass is 10.2. The number of aromatic nitrogens is 2. The average Bonchev–Trinajstić information content (AvgIpc) is 3.69. The van der Waals surface area contributed by atoms with Gasteiger partial charge >= 0.3 is 0 Å². The predicted molar refractivity (Wildman–Crippen MR) is 137 cm³/mol. The number of hydrogen-bond acceptors (Lipinski definition) is 9. The smallest absolute Gasteiger partial charge is 0.278 e. The van der Waals surface area contributed by atoms with Gasteiger partial charge in [-0.05, 0) is 43.0 Å². The number of pyridine rings is 2. The molecule has 1 fully saturated rings. The van der Waals surface area contributed by atoms with Gasteiger partial charge in [0, 0.05) is 25.4 Å². The Balaban J connectivity index is 1.70. The van der Waals surface area contributed by atoms with E-state index in [1.54, 1.807) is 18.2 Å². The molecule has 0 bridgehead atoms. The summed E-state index contributed by atoms with van der Waals surface area (Å²) in [5.74, 6) is 0.626. The maximum atomic E-state index is 13.2. The molecular weight excluding hydrogens is 503 g/mol. The molecular formula is C24H27FN6O5S. The molecule has 2 aromatic heterocycles. The number of nitrogens with one attached hydrogen (secondary N) is 3. The van der Waals surface area contributed by atoms with Crippen LogP contribution in [0.4, 0.5) is 33.1 Å². The predicted octanol–water partition coefficient (Wildman–Crippen LogP) is 3.58. The van der Waals surface area contributed by atoms with Gasteiger partial charge in [-0.15, -0.1) is 0 Å². The summed E-state index contributed by atoms with van der Waals surface area (Å²) >= 11 is 0. The van der Waals surface area contributed by atoms with Crippen molar-refractivity contribution in [2.45, 2.75) is 12.8 Å². The number of hydrogen-bond donors (Lipinski definition) is 3.